The van der Waals surface area contributed by atoms with Crippen molar-refractivity contribution in [2.45, 2.75) is 19.9 Å². The molecule has 0 saturated carbocycles. The number of hydrogen-bond acceptors (Lipinski definition) is 5. The monoisotopic (exact) mass is 263 g/mol. The number of hydrogen-bond donors (Lipinski definition) is 0. The van der Waals surface area contributed by atoms with E-state index in [1.54, 1.807) is 20.3 Å². The second kappa shape index (κ2) is 5.65. The fourth-order valence-corrected chi connectivity index (χ4v) is 1.89. The molecule has 1 unspecified atom stereocenters. The Morgan fingerprint density at radius 2 is 2.05 bits per heavy atom. The molecule has 0 saturated heterocycles. The highest BCUT2D eigenvalue weighted by molar-refractivity contribution is 5.83. The highest BCUT2D eigenvalue weighted by Gasteiger charge is 2.35. The summed E-state index contributed by atoms with van der Waals surface area (Å²) in [4.78, 5) is 17.4. The van der Waals surface area contributed by atoms with E-state index in [0.29, 0.717) is 6.61 Å². The van der Waals surface area contributed by atoms with Gasteiger partial charge in [0.25, 0.3) is 0 Å². The maximum absolute atomic E-state index is 12.0. The van der Waals surface area contributed by atoms with Crippen LogP contribution in [0.15, 0.2) is 36.1 Å². The fraction of sp³-hybridized carbons (Fsp3) is 0.357. The van der Waals surface area contributed by atoms with Gasteiger partial charge < -0.3 is 14.3 Å². The highest BCUT2D eigenvalue weighted by atomic mass is 16.7. The second-order valence-corrected chi connectivity index (χ2v) is 4.15. The molecule has 0 fully saturated rings. The zero-order valence-corrected chi connectivity index (χ0v) is 11.3. The number of benzene rings is 1. The third-order valence-electron chi connectivity index (χ3n) is 2.85. The van der Waals surface area contributed by atoms with E-state index in [-0.39, 0.29) is 5.97 Å². The van der Waals surface area contributed by atoms with Gasteiger partial charge in [-0.2, -0.15) is 5.06 Å². The molecule has 1 aromatic rings. The molecule has 0 bridgehead atoms. The molecule has 1 aliphatic rings. The van der Waals surface area contributed by atoms with E-state index in [1.807, 2.05) is 31.2 Å². The predicted molar refractivity (Wildman–Crippen MR) is 70.7 cm³/mol. The molecule has 1 aliphatic heterocycles. The number of hydroxylamine groups is 1. The van der Waals surface area contributed by atoms with E-state index in [2.05, 4.69) is 0 Å². The summed E-state index contributed by atoms with van der Waals surface area (Å²) in [7, 11) is 1.61. The van der Waals surface area contributed by atoms with Crippen LogP contribution >= 0.6 is 0 Å². The summed E-state index contributed by atoms with van der Waals surface area (Å²) in [6, 6.07) is 6.76. The van der Waals surface area contributed by atoms with Crippen LogP contribution in [0, 0.1) is 0 Å². The first-order valence-corrected chi connectivity index (χ1v) is 6.10. The van der Waals surface area contributed by atoms with Crippen LogP contribution < -0.4 is 9.80 Å². The Bertz CT molecular complexity index is 481. The Labute approximate surface area is 112 Å². The van der Waals surface area contributed by atoms with Crippen LogP contribution in [0.4, 0.5) is 5.69 Å². The molecule has 19 heavy (non-hydrogen) atoms. The maximum Gasteiger partial charge on any atom is 0.336 e. The summed E-state index contributed by atoms with van der Waals surface area (Å²) in [5.41, 5.74) is 1.58. The third-order valence-corrected chi connectivity index (χ3v) is 2.85. The summed E-state index contributed by atoms with van der Waals surface area (Å²) in [6.45, 7) is 3.97. The van der Waals surface area contributed by atoms with E-state index in [4.69, 9.17) is 14.3 Å². The largest absolute Gasteiger partial charge is 0.497 e. The lowest BCUT2D eigenvalue weighted by molar-refractivity contribution is -0.144. The first-order chi connectivity index (χ1) is 9.17. The van der Waals surface area contributed by atoms with Gasteiger partial charge in [0.2, 0.25) is 0 Å². The summed E-state index contributed by atoms with van der Waals surface area (Å²) >= 11 is 0. The van der Waals surface area contributed by atoms with E-state index in [0.717, 1.165) is 17.0 Å². The number of rotatable bonds is 4. The minimum Gasteiger partial charge on any atom is -0.497 e. The van der Waals surface area contributed by atoms with Gasteiger partial charge in [0.05, 0.1) is 19.4 Å². The van der Waals surface area contributed by atoms with Crippen LogP contribution in [0.25, 0.3) is 0 Å². The van der Waals surface area contributed by atoms with E-state index < -0.39 is 6.04 Å². The van der Waals surface area contributed by atoms with Crippen LogP contribution in [-0.2, 0) is 14.4 Å². The predicted octanol–water partition coefficient (Wildman–Crippen LogP) is 2.28. The Balaban J connectivity index is 2.20. The molecule has 2 rings (SSSR count). The van der Waals surface area contributed by atoms with Crippen molar-refractivity contribution >= 4 is 11.7 Å². The molecule has 5 heteroatoms. The van der Waals surface area contributed by atoms with E-state index >= 15 is 0 Å². The molecule has 1 aromatic carbocycles. The first kappa shape index (κ1) is 13.3. The zero-order valence-electron chi connectivity index (χ0n) is 11.3. The topological polar surface area (TPSA) is 48.0 Å². The molecular weight excluding hydrogens is 246 g/mol. The summed E-state index contributed by atoms with van der Waals surface area (Å²) in [5.74, 6) is 0.435. The standard InChI is InChI=1S/C14H17NO4/c1-4-18-14(16)13-10(2)9-19-15(13)11-5-7-12(17-3)8-6-11/h5-9,13H,4H2,1-3H3. The van der Waals surface area contributed by atoms with Gasteiger partial charge in [-0.1, -0.05) is 0 Å². The molecule has 0 aromatic heterocycles. The lowest BCUT2D eigenvalue weighted by Gasteiger charge is -2.24. The second-order valence-electron chi connectivity index (χ2n) is 4.15. The quantitative estimate of drug-likeness (QED) is 0.780. The van der Waals surface area contributed by atoms with Gasteiger partial charge in [-0.3, -0.25) is 0 Å². The van der Waals surface area contributed by atoms with Crippen LogP contribution in [0.2, 0.25) is 0 Å². The van der Waals surface area contributed by atoms with Crippen molar-refractivity contribution in [2.24, 2.45) is 0 Å². The average Bonchev–Trinajstić information content (AvgIpc) is 2.81. The molecule has 1 atom stereocenters. The van der Waals surface area contributed by atoms with E-state index in [9.17, 15) is 4.79 Å². The lowest BCUT2D eigenvalue weighted by Crippen LogP contribution is -2.38. The number of methoxy groups -OCH3 is 1. The molecule has 5 nitrogen and oxygen atoms in total. The van der Waals surface area contributed by atoms with Crippen molar-refractivity contribution in [1.29, 1.82) is 0 Å². The van der Waals surface area contributed by atoms with Crippen molar-refractivity contribution in [3.8, 4) is 5.75 Å². The van der Waals surface area contributed by atoms with Crippen molar-refractivity contribution in [1.82, 2.24) is 0 Å². The molecule has 102 valence electrons. The summed E-state index contributed by atoms with van der Waals surface area (Å²) in [6.07, 6.45) is 1.56. The molecule has 0 aliphatic carbocycles. The van der Waals surface area contributed by atoms with Crippen LogP contribution in [0.1, 0.15) is 13.8 Å². The van der Waals surface area contributed by atoms with Crippen LogP contribution in [-0.4, -0.2) is 25.7 Å². The molecule has 1 heterocycles. The van der Waals surface area contributed by atoms with Gasteiger partial charge in [-0.05, 0) is 38.1 Å². The van der Waals surface area contributed by atoms with Gasteiger partial charge >= 0.3 is 5.97 Å². The van der Waals surface area contributed by atoms with Crippen LogP contribution in [0.5, 0.6) is 5.75 Å². The smallest absolute Gasteiger partial charge is 0.336 e. The Morgan fingerprint density at radius 3 is 2.63 bits per heavy atom. The molecule has 0 amide bonds. The van der Waals surface area contributed by atoms with Gasteiger partial charge in [-0.15, -0.1) is 0 Å². The number of ether oxygens (including phenoxy) is 2. The minimum atomic E-state index is -0.534. The van der Waals surface area contributed by atoms with E-state index in [1.165, 1.54) is 5.06 Å². The minimum absolute atomic E-state index is 0.315. The number of carbonyl (C=O) groups excluding carboxylic acids is 1. The average molecular weight is 263 g/mol. The Kier molecular flexibility index (Phi) is 3.94. The first-order valence-electron chi connectivity index (χ1n) is 6.10. The van der Waals surface area contributed by atoms with Crippen molar-refractivity contribution in [2.75, 3.05) is 18.8 Å². The number of anilines is 1. The normalized spacial score (nSPS) is 17.7. The van der Waals surface area contributed by atoms with Crippen LogP contribution in [0.3, 0.4) is 0 Å². The van der Waals surface area contributed by atoms with Gasteiger partial charge in [0.15, 0.2) is 6.04 Å². The number of carbonyl (C=O) groups is 1. The lowest BCUT2D eigenvalue weighted by atomic mass is 10.1. The Morgan fingerprint density at radius 1 is 1.37 bits per heavy atom. The maximum atomic E-state index is 12.0. The van der Waals surface area contributed by atoms with Crippen molar-refractivity contribution in [3.63, 3.8) is 0 Å². The molecule has 0 spiro atoms. The molecular formula is C14H17NO4. The van der Waals surface area contributed by atoms with Gasteiger partial charge in [-0.25, -0.2) is 4.79 Å². The summed E-state index contributed by atoms with van der Waals surface area (Å²) in [5, 5.41) is 1.53. The highest BCUT2D eigenvalue weighted by Crippen LogP contribution is 2.28. The van der Waals surface area contributed by atoms with Gasteiger partial charge in [0.1, 0.15) is 12.0 Å². The van der Waals surface area contributed by atoms with Crippen molar-refractivity contribution in [3.05, 3.63) is 36.1 Å². The zero-order chi connectivity index (χ0) is 13.8. The number of nitrogens with zero attached hydrogens (tertiary/aromatic N) is 1. The Hall–Kier alpha value is -2.17. The fourth-order valence-electron chi connectivity index (χ4n) is 1.89. The summed E-state index contributed by atoms with van der Waals surface area (Å²) < 4.78 is 10.2. The van der Waals surface area contributed by atoms with Crippen molar-refractivity contribution < 1.29 is 19.1 Å². The third kappa shape index (κ3) is 2.65. The SMILES string of the molecule is CCOC(=O)C1C(C)=CON1c1ccc(OC)cc1. The molecule has 0 N–H and O–H groups in total. The molecule has 0 radical (unpaired) electrons. The van der Waals surface area contributed by atoms with Gasteiger partial charge in [0, 0.05) is 5.57 Å². The number of esters is 1.